The summed E-state index contributed by atoms with van der Waals surface area (Å²) >= 11 is 0. The van der Waals surface area contributed by atoms with Gasteiger partial charge in [0.05, 0.1) is 12.7 Å². The van der Waals surface area contributed by atoms with E-state index in [0.717, 1.165) is 30.9 Å². The van der Waals surface area contributed by atoms with E-state index in [-0.39, 0.29) is 18.2 Å². The Labute approximate surface area is 160 Å². The van der Waals surface area contributed by atoms with E-state index in [4.69, 9.17) is 0 Å². The zero-order valence-corrected chi connectivity index (χ0v) is 16.2. The third-order valence-corrected chi connectivity index (χ3v) is 5.60. The number of carbonyl (C=O) groups is 1. The molecule has 0 aromatic heterocycles. The number of hydrazine groups is 1. The fraction of sp³-hybridized carbons (Fsp3) is 0.526. The molecule has 0 spiro atoms. The Morgan fingerprint density at radius 1 is 1.30 bits per heavy atom. The van der Waals surface area contributed by atoms with Crippen molar-refractivity contribution in [2.24, 2.45) is 0 Å². The maximum Gasteiger partial charge on any atom is 0.275 e. The maximum atomic E-state index is 12.9. The average molecular weight is 371 g/mol. The van der Waals surface area contributed by atoms with Gasteiger partial charge < -0.3 is 20.9 Å². The number of rotatable bonds is 4. The van der Waals surface area contributed by atoms with Crippen LogP contribution in [0, 0.1) is 0 Å². The number of hydrogen-bond acceptors (Lipinski definition) is 7. The highest BCUT2D eigenvalue weighted by atomic mass is 16.2. The molecule has 0 aromatic rings. The molecular formula is C19H29N7O. The van der Waals surface area contributed by atoms with Crippen LogP contribution in [0.2, 0.25) is 0 Å². The molecule has 0 aliphatic carbocycles. The Hall–Kier alpha value is -2.29. The van der Waals surface area contributed by atoms with Crippen LogP contribution in [0.1, 0.15) is 13.3 Å². The maximum absolute atomic E-state index is 12.9. The highest BCUT2D eigenvalue weighted by Crippen LogP contribution is 2.25. The van der Waals surface area contributed by atoms with Crippen molar-refractivity contribution in [3.8, 4) is 0 Å². The van der Waals surface area contributed by atoms with Crippen molar-refractivity contribution in [1.29, 1.82) is 0 Å². The lowest BCUT2D eigenvalue weighted by Crippen LogP contribution is -2.58. The average Bonchev–Trinajstić information content (AvgIpc) is 3.26. The highest BCUT2D eigenvalue weighted by Gasteiger charge is 2.38. The number of likely N-dealkylation sites (N-methyl/N-ethyl adjacent to an activating group) is 1. The fourth-order valence-electron chi connectivity index (χ4n) is 4.03. The summed E-state index contributed by atoms with van der Waals surface area (Å²) in [5.41, 5.74) is 5.93. The summed E-state index contributed by atoms with van der Waals surface area (Å²) in [6.45, 7) is 4.64. The van der Waals surface area contributed by atoms with Gasteiger partial charge in [0.2, 0.25) is 0 Å². The minimum Gasteiger partial charge on any atom is -0.385 e. The second kappa shape index (κ2) is 7.38. The summed E-state index contributed by atoms with van der Waals surface area (Å²) in [6.07, 6.45) is 11.2. The Morgan fingerprint density at radius 3 is 2.81 bits per heavy atom. The largest absolute Gasteiger partial charge is 0.385 e. The molecule has 2 unspecified atom stereocenters. The van der Waals surface area contributed by atoms with E-state index in [1.165, 1.54) is 0 Å². The molecule has 4 N–H and O–H groups in total. The van der Waals surface area contributed by atoms with Crippen LogP contribution in [0.15, 0.2) is 47.6 Å². The lowest BCUT2D eigenvalue weighted by Gasteiger charge is -2.38. The summed E-state index contributed by atoms with van der Waals surface area (Å²) < 4.78 is 0. The Balaban J connectivity index is 1.45. The number of dihydropyridines is 1. The van der Waals surface area contributed by atoms with Gasteiger partial charge in [0.15, 0.2) is 0 Å². The van der Waals surface area contributed by atoms with E-state index >= 15 is 0 Å². The molecule has 3 atom stereocenters. The minimum absolute atomic E-state index is 0.0346. The van der Waals surface area contributed by atoms with Crippen molar-refractivity contribution < 1.29 is 4.79 Å². The fourth-order valence-corrected chi connectivity index (χ4v) is 4.03. The third-order valence-electron chi connectivity index (χ3n) is 5.60. The number of nitrogens with zero attached hydrogens (tertiary/aromatic N) is 3. The zero-order chi connectivity index (χ0) is 19.0. The summed E-state index contributed by atoms with van der Waals surface area (Å²) in [7, 11) is 4.27. The van der Waals surface area contributed by atoms with Crippen molar-refractivity contribution in [3.05, 3.63) is 47.6 Å². The van der Waals surface area contributed by atoms with Crippen LogP contribution in [-0.4, -0.2) is 72.8 Å². The number of likely N-dealkylation sites (tertiary alicyclic amines) is 1. The van der Waals surface area contributed by atoms with Crippen molar-refractivity contribution in [2.45, 2.75) is 31.7 Å². The molecule has 146 valence electrons. The van der Waals surface area contributed by atoms with E-state index in [2.05, 4.69) is 57.4 Å². The Morgan fingerprint density at radius 2 is 2.11 bits per heavy atom. The molecule has 27 heavy (non-hydrogen) atoms. The predicted octanol–water partition coefficient (Wildman–Crippen LogP) is -0.397. The first-order valence-electron chi connectivity index (χ1n) is 9.55. The van der Waals surface area contributed by atoms with Crippen molar-refractivity contribution >= 4 is 5.91 Å². The van der Waals surface area contributed by atoms with Gasteiger partial charge in [-0.1, -0.05) is 6.08 Å². The van der Waals surface area contributed by atoms with Crippen LogP contribution >= 0.6 is 0 Å². The van der Waals surface area contributed by atoms with Crippen molar-refractivity contribution in [2.75, 3.05) is 33.7 Å². The number of allylic oxidation sites excluding steroid dienone is 3. The first kappa shape index (κ1) is 18.1. The highest BCUT2D eigenvalue weighted by molar-refractivity contribution is 5.95. The standard InChI is InChI=1S/C19H29N7O/c1-13-18(19(27)22-14-5-4-9-20-11-14)26-16(21-13)6-7-17(23-26)25-10-8-15(12-25)24(2)3/h4-7,9,15-17,20-21,23H,8,10-12H2,1-3H3,(H,22,27)/t15-,16?,17?/m0/s1. The van der Waals surface area contributed by atoms with Gasteiger partial charge in [0.25, 0.3) is 5.91 Å². The quantitative estimate of drug-likeness (QED) is 0.501. The van der Waals surface area contributed by atoms with Gasteiger partial charge in [0, 0.05) is 30.5 Å². The Bertz CT molecular complexity index is 724. The summed E-state index contributed by atoms with van der Waals surface area (Å²) in [4.78, 5) is 17.6. The molecule has 0 radical (unpaired) electrons. The minimum atomic E-state index is -0.0972. The van der Waals surface area contributed by atoms with E-state index in [9.17, 15) is 4.79 Å². The Kier molecular flexibility index (Phi) is 4.94. The predicted molar refractivity (Wildman–Crippen MR) is 105 cm³/mol. The van der Waals surface area contributed by atoms with E-state index in [1.807, 2.05) is 30.3 Å². The molecule has 1 saturated heterocycles. The van der Waals surface area contributed by atoms with Crippen LogP contribution in [0.4, 0.5) is 0 Å². The summed E-state index contributed by atoms with van der Waals surface area (Å²) in [6, 6.07) is 0.577. The monoisotopic (exact) mass is 371 g/mol. The molecule has 1 amide bonds. The number of amides is 1. The van der Waals surface area contributed by atoms with Gasteiger partial charge in [0.1, 0.15) is 11.9 Å². The SMILES string of the molecule is CC1=C(C(=O)NC2=CC=CNC2)N2NC(N3CC[C@H](N(C)C)C3)C=CC2N1. The molecule has 8 nitrogen and oxygen atoms in total. The second-order valence-electron chi connectivity index (χ2n) is 7.68. The lowest BCUT2D eigenvalue weighted by molar-refractivity contribution is -0.119. The molecule has 0 bridgehead atoms. The van der Waals surface area contributed by atoms with Gasteiger partial charge in [-0.05, 0) is 51.9 Å². The summed E-state index contributed by atoms with van der Waals surface area (Å²) in [5, 5.41) is 11.5. The molecule has 1 fully saturated rings. The van der Waals surface area contributed by atoms with Gasteiger partial charge in [-0.2, -0.15) is 0 Å². The number of nitrogens with one attached hydrogen (secondary N) is 4. The van der Waals surface area contributed by atoms with Gasteiger partial charge in [-0.25, -0.2) is 5.43 Å². The van der Waals surface area contributed by atoms with Crippen LogP contribution in [-0.2, 0) is 4.79 Å². The molecule has 8 heteroatoms. The van der Waals surface area contributed by atoms with Crippen LogP contribution in [0.25, 0.3) is 0 Å². The van der Waals surface area contributed by atoms with Crippen molar-refractivity contribution in [3.63, 3.8) is 0 Å². The van der Waals surface area contributed by atoms with Crippen LogP contribution in [0.5, 0.6) is 0 Å². The molecular weight excluding hydrogens is 342 g/mol. The first-order chi connectivity index (χ1) is 13.0. The lowest BCUT2D eigenvalue weighted by atomic mass is 10.2. The summed E-state index contributed by atoms with van der Waals surface area (Å²) in [5.74, 6) is -0.0972. The van der Waals surface area contributed by atoms with E-state index in [1.54, 1.807) is 0 Å². The number of carbonyl (C=O) groups excluding carboxylic acids is 1. The molecule has 4 rings (SSSR count). The number of hydrogen-bond donors (Lipinski definition) is 4. The molecule has 4 heterocycles. The van der Waals surface area contributed by atoms with Crippen molar-refractivity contribution in [1.82, 2.24) is 36.2 Å². The second-order valence-corrected chi connectivity index (χ2v) is 7.68. The topological polar surface area (TPSA) is 74.9 Å². The van der Waals surface area contributed by atoms with Crippen LogP contribution < -0.4 is 21.4 Å². The number of fused-ring (bicyclic) bond motifs is 1. The normalized spacial score (nSPS) is 30.3. The van der Waals surface area contributed by atoms with Gasteiger partial charge in [-0.3, -0.25) is 14.7 Å². The third kappa shape index (κ3) is 3.60. The van der Waals surface area contributed by atoms with Gasteiger partial charge >= 0.3 is 0 Å². The smallest absolute Gasteiger partial charge is 0.275 e. The van der Waals surface area contributed by atoms with E-state index < -0.39 is 0 Å². The zero-order valence-electron chi connectivity index (χ0n) is 16.2. The first-order valence-corrected chi connectivity index (χ1v) is 9.55. The molecule has 4 aliphatic heterocycles. The molecule has 0 saturated carbocycles. The van der Waals surface area contributed by atoms with Gasteiger partial charge in [-0.15, -0.1) is 0 Å². The molecule has 0 aromatic carbocycles. The molecule has 4 aliphatic rings. The van der Waals surface area contributed by atoms with E-state index in [0.29, 0.717) is 18.3 Å². The van der Waals surface area contributed by atoms with Crippen LogP contribution in [0.3, 0.4) is 0 Å².